The van der Waals surface area contributed by atoms with Crippen molar-refractivity contribution >= 4 is 11.3 Å². The number of nitrogens with one attached hydrogen (secondary N) is 1. The van der Waals surface area contributed by atoms with Crippen LogP contribution in [0, 0.1) is 18.3 Å². The quantitative estimate of drug-likeness (QED) is 0.831. The van der Waals surface area contributed by atoms with Crippen LogP contribution in [0.4, 0.5) is 0 Å². The zero-order valence-electron chi connectivity index (χ0n) is 13.7. The minimum Gasteiger partial charge on any atom is -0.377 e. The summed E-state index contributed by atoms with van der Waals surface area (Å²) in [5, 5.41) is 3.78. The average Bonchev–Trinajstić information content (AvgIpc) is 2.79. The molecule has 0 aromatic carbocycles. The second kappa shape index (κ2) is 6.17. The second-order valence-electron chi connectivity index (χ2n) is 7.16. The number of rotatable bonds is 6. The molecule has 1 aliphatic rings. The maximum atomic E-state index is 6.04. The SMILES string of the molecule is Cc1ccc(C(C)NC2CC(OCC(C)C)C2(C)C)s1. The number of hydrogen-bond acceptors (Lipinski definition) is 3. The van der Waals surface area contributed by atoms with E-state index in [1.807, 2.05) is 11.3 Å². The minimum atomic E-state index is 0.232. The highest BCUT2D eigenvalue weighted by Gasteiger charge is 2.49. The van der Waals surface area contributed by atoms with E-state index in [2.05, 4.69) is 59.0 Å². The van der Waals surface area contributed by atoms with Crippen LogP contribution < -0.4 is 5.32 Å². The average molecular weight is 295 g/mol. The van der Waals surface area contributed by atoms with Gasteiger partial charge in [0.05, 0.1) is 6.10 Å². The fourth-order valence-electron chi connectivity index (χ4n) is 2.83. The summed E-state index contributed by atoms with van der Waals surface area (Å²) < 4.78 is 6.04. The van der Waals surface area contributed by atoms with Gasteiger partial charge in [-0.2, -0.15) is 0 Å². The molecule has 0 bridgehead atoms. The van der Waals surface area contributed by atoms with Gasteiger partial charge < -0.3 is 10.1 Å². The Bertz CT molecular complexity index is 438. The van der Waals surface area contributed by atoms with E-state index in [0.29, 0.717) is 24.1 Å². The third-order valence-corrected chi connectivity index (χ3v) is 5.63. The van der Waals surface area contributed by atoms with Gasteiger partial charge in [0.2, 0.25) is 0 Å². The lowest BCUT2D eigenvalue weighted by molar-refractivity contribution is -0.125. The molecule has 0 amide bonds. The van der Waals surface area contributed by atoms with E-state index in [1.165, 1.54) is 9.75 Å². The summed E-state index contributed by atoms with van der Waals surface area (Å²) in [6, 6.07) is 5.44. The van der Waals surface area contributed by atoms with Crippen molar-refractivity contribution in [2.75, 3.05) is 6.61 Å². The first-order valence-electron chi connectivity index (χ1n) is 7.74. The lowest BCUT2D eigenvalue weighted by Gasteiger charge is -2.53. The van der Waals surface area contributed by atoms with Gasteiger partial charge >= 0.3 is 0 Å². The van der Waals surface area contributed by atoms with Gasteiger partial charge in [-0.25, -0.2) is 0 Å². The predicted molar refractivity (Wildman–Crippen MR) is 87.4 cm³/mol. The molecule has 2 nitrogen and oxygen atoms in total. The van der Waals surface area contributed by atoms with Crippen LogP contribution in [-0.4, -0.2) is 18.8 Å². The van der Waals surface area contributed by atoms with Crippen molar-refractivity contribution in [1.82, 2.24) is 5.32 Å². The molecule has 1 heterocycles. The van der Waals surface area contributed by atoms with Crippen LogP contribution in [0.2, 0.25) is 0 Å². The second-order valence-corrected chi connectivity index (χ2v) is 8.48. The molecule has 1 N–H and O–H groups in total. The van der Waals surface area contributed by atoms with E-state index < -0.39 is 0 Å². The van der Waals surface area contributed by atoms with Crippen LogP contribution in [0.5, 0.6) is 0 Å². The van der Waals surface area contributed by atoms with Crippen molar-refractivity contribution in [2.45, 2.75) is 66.2 Å². The molecule has 3 heteroatoms. The molecule has 114 valence electrons. The molecule has 0 radical (unpaired) electrons. The van der Waals surface area contributed by atoms with Crippen LogP contribution in [0.3, 0.4) is 0 Å². The molecular formula is C17H29NOS. The normalized spacial score (nSPS) is 26.6. The van der Waals surface area contributed by atoms with Crippen molar-refractivity contribution in [1.29, 1.82) is 0 Å². The summed E-state index contributed by atoms with van der Waals surface area (Å²) >= 11 is 1.89. The third-order valence-electron chi connectivity index (χ3n) is 4.45. The lowest BCUT2D eigenvalue weighted by atomic mass is 9.64. The summed E-state index contributed by atoms with van der Waals surface area (Å²) in [6.45, 7) is 14.4. The number of ether oxygens (including phenoxy) is 1. The summed E-state index contributed by atoms with van der Waals surface area (Å²) in [6.07, 6.45) is 1.54. The Morgan fingerprint density at radius 3 is 2.55 bits per heavy atom. The van der Waals surface area contributed by atoms with Gasteiger partial charge in [-0.1, -0.05) is 27.7 Å². The Kier molecular flexibility index (Phi) is 4.93. The first-order valence-corrected chi connectivity index (χ1v) is 8.56. The molecule has 0 spiro atoms. The topological polar surface area (TPSA) is 21.3 Å². The Hall–Kier alpha value is -0.380. The van der Waals surface area contributed by atoms with E-state index in [1.54, 1.807) is 0 Å². The number of aryl methyl sites for hydroxylation is 1. The molecule has 0 aliphatic heterocycles. The third kappa shape index (κ3) is 3.44. The van der Waals surface area contributed by atoms with Crippen LogP contribution >= 0.6 is 11.3 Å². The van der Waals surface area contributed by atoms with Crippen molar-refractivity contribution in [3.63, 3.8) is 0 Å². The van der Waals surface area contributed by atoms with Crippen LogP contribution in [-0.2, 0) is 4.74 Å². The molecule has 3 unspecified atom stereocenters. The molecular weight excluding hydrogens is 266 g/mol. The van der Waals surface area contributed by atoms with Crippen molar-refractivity contribution in [2.24, 2.45) is 11.3 Å². The van der Waals surface area contributed by atoms with Gasteiger partial charge in [0.25, 0.3) is 0 Å². The molecule has 20 heavy (non-hydrogen) atoms. The first-order chi connectivity index (χ1) is 9.30. The lowest BCUT2D eigenvalue weighted by Crippen LogP contribution is -2.61. The maximum Gasteiger partial charge on any atom is 0.0656 e. The van der Waals surface area contributed by atoms with Gasteiger partial charge in [0, 0.05) is 33.9 Å². The van der Waals surface area contributed by atoms with Gasteiger partial charge in [-0.15, -0.1) is 11.3 Å². The Morgan fingerprint density at radius 1 is 1.35 bits per heavy atom. The summed E-state index contributed by atoms with van der Waals surface area (Å²) in [5.74, 6) is 0.617. The fourth-order valence-corrected chi connectivity index (χ4v) is 3.72. The van der Waals surface area contributed by atoms with Crippen LogP contribution in [0.25, 0.3) is 0 Å². The Labute approximate surface area is 127 Å². The highest BCUT2D eigenvalue weighted by atomic mass is 32.1. The zero-order valence-corrected chi connectivity index (χ0v) is 14.5. The monoisotopic (exact) mass is 295 g/mol. The summed E-state index contributed by atoms with van der Waals surface area (Å²) in [4.78, 5) is 2.82. The van der Waals surface area contributed by atoms with Gasteiger partial charge in [-0.3, -0.25) is 0 Å². The zero-order chi connectivity index (χ0) is 14.9. The van der Waals surface area contributed by atoms with Crippen LogP contribution in [0.15, 0.2) is 12.1 Å². The standard InChI is InChI=1S/C17H29NOS/c1-11(2)10-19-16-9-15(17(16,5)6)18-13(4)14-8-7-12(3)20-14/h7-8,11,13,15-16,18H,9-10H2,1-6H3. The van der Waals surface area contributed by atoms with Crippen LogP contribution in [0.1, 0.15) is 56.8 Å². The van der Waals surface area contributed by atoms with Crippen molar-refractivity contribution < 1.29 is 4.74 Å². The number of hydrogen-bond donors (Lipinski definition) is 1. The number of thiophene rings is 1. The van der Waals surface area contributed by atoms with E-state index in [-0.39, 0.29) is 5.41 Å². The molecule has 1 aromatic rings. The highest BCUT2D eigenvalue weighted by molar-refractivity contribution is 7.12. The van der Waals surface area contributed by atoms with E-state index in [0.717, 1.165) is 13.0 Å². The molecule has 2 rings (SSSR count). The summed E-state index contributed by atoms with van der Waals surface area (Å²) in [5.41, 5.74) is 0.232. The van der Waals surface area contributed by atoms with Gasteiger partial charge in [0.1, 0.15) is 0 Å². The molecule has 1 aliphatic carbocycles. The Morgan fingerprint density at radius 2 is 2.05 bits per heavy atom. The predicted octanol–water partition coefficient (Wildman–Crippen LogP) is 4.55. The smallest absolute Gasteiger partial charge is 0.0656 e. The first kappa shape index (κ1) is 16.0. The highest BCUT2D eigenvalue weighted by Crippen LogP contribution is 2.44. The molecule has 1 aromatic heterocycles. The maximum absolute atomic E-state index is 6.04. The van der Waals surface area contributed by atoms with E-state index in [9.17, 15) is 0 Å². The van der Waals surface area contributed by atoms with Crippen molar-refractivity contribution in [3.05, 3.63) is 21.9 Å². The minimum absolute atomic E-state index is 0.232. The van der Waals surface area contributed by atoms with E-state index in [4.69, 9.17) is 4.74 Å². The summed E-state index contributed by atoms with van der Waals surface area (Å²) in [7, 11) is 0. The Balaban J connectivity index is 1.86. The van der Waals surface area contributed by atoms with Gasteiger partial charge in [0.15, 0.2) is 0 Å². The molecule has 0 saturated heterocycles. The molecule has 1 saturated carbocycles. The fraction of sp³-hybridized carbons (Fsp3) is 0.765. The molecule has 3 atom stereocenters. The van der Waals surface area contributed by atoms with E-state index >= 15 is 0 Å². The molecule has 1 fully saturated rings. The van der Waals surface area contributed by atoms with Crippen molar-refractivity contribution in [3.8, 4) is 0 Å². The largest absolute Gasteiger partial charge is 0.377 e. The van der Waals surface area contributed by atoms with Gasteiger partial charge in [-0.05, 0) is 38.3 Å².